The van der Waals surface area contributed by atoms with Crippen molar-refractivity contribution < 1.29 is 14.6 Å². The van der Waals surface area contributed by atoms with Gasteiger partial charge in [0.25, 0.3) is 0 Å². The number of pyridine rings is 1. The smallest absolute Gasteiger partial charge is 0.161 e. The van der Waals surface area contributed by atoms with Crippen molar-refractivity contribution >= 4 is 17.6 Å². The van der Waals surface area contributed by atoms with Crippen molar-refractivity contribution in [1.82, 2.24) is 4.98 Å². The van der Waals surface area contributed by atoms with Crippen LogP contribution < -0.4 is 15.2 Å². The number of benzene rings is 1. The number of nitrogens with two attached hydrogens (primary N) is 1. The lowest BCUT2D eigenvalue weighted by atomic mass is 9.96. The van der Waals surface area contributed by atoms with Crippen LogP contribution in [0.4, 0.5) is 5.82 Å². The zero-order valence-electron chi connectivity index (χ0n) is 16.4. The average molecular weight is 401 g/mol. The predicted molar refractivity (Wildman–Crippen MR) is 110 cm³/mol. The summed E-state index contributed by atoms with van der Waals surface area (Å²) >= 11 is 1.32. The molecular weight excluding hydrogens is 376 g/mol. The van der Waals surface area contributed by atoms with Crippen LogP contribution in [0.3, 0.4) is 0 Å². The molecule has 7 nitrogen and oxygen atoms in total. The van der Waals surface area contributed by atoms with E-state index in [0.29, 0.717) is 39.8 Å². The summed E-state index contributed by atoms with van der Waals surface area (Å²) in [6.07, 6.45) is 0.558. The van der Waals surface area contributed by atoms with Crippen molar-refractivity contribution in [2.24, 2.45) is 0 Å². The lowest BCUT2D eigenvalue weighted by Gasteiger charge is -2.14. The van der Waals surface area contributed by atoms with Gasteiger partial charge >= 0.3 is 0 Å². The summed E-state index contributed by atoms with van der Waals surface area (Å²) in [5, 5.41) is 28.6. The van der Waals surface area contributed by atoms with E-state index in [1.807, 2.05) is 19.9 Å². The maximum absolute atomic E-state index is 9.70. The lowest BCUT2D eigenvalue weighted by Crippen LogP contribution is -2.04. The summed E-state index contributed by atoms with van der Waals surface area (Å²) in [4.78, 5) is 4.21. The first kappa shape index (κ1) is 23.1. The molecular formula is C20H24N4O3S. The maximum Gasteiger partial charge on any atom is 0.161 e. The molecule has 0 fully saturated rings. The summed E-state index contributed by atoms with van der Waals surface area (Å²) < 4.78 is 10.5. The van der Waals surface area contributed by atoms with E-state index in [9.17, 15) is 10.5 Å². The molecule has 0 saturated heterocycles. The Morgan fingerprint density at radius 3 is 2.29 bits per heavy atom. The number of aromatic nitrogens is 1. The third kappa shape index (κ3) is 5.07. The Morgan fingerprint density at radius 1 is 1.11 bits per heavy atom. The van der Waals surface area contributed by atoms with Crippen LogP contribution >= 0.6 is 11.8 Å². The van der Waals surface area contributed by atoms with Crippen molar-refractivity contribution in [3.8, 4) is 34.8 Å². The molecule has 2 rings (SSSR count). The number of aliphatic hydroxyl groups is 1. The summed E-state index contributed by atoms with van der Waals surface area (Å²) in [6, 6.07) is 9.30. The van der Waals surface area contributed by atoms with E-state index in [4.69, 9.17) is 20.3 Å². The van der Waals surface area contributed by atoms with Gasteiger partial charge in [-0.25, -0.2) is 4.98 Å². The number of nitriles is 2. The predicted octanol–water partition coefficient (Wildman–Crippen LogP) is 3.59. The fourth-order valence-corrected chi connectivity index (χ4v) is 3.34. The van der Waals surface area contributed by atoms with Gasteiger partial charge in [-0.3, -0.25) is 0 Å². The molecule has 0 spiro atoms. The lowest BCUT2D eigenvalue weighted by molar-refractivity contribution is 0.296. The van der Waals surface area contributed by atoms with Crippen molar-refractivity contribution in [1.29, 1.82) is 10.5 Å². The number of hydrogen-bond donors (Lipinski definition) is 2. The SMILES string of the molecule is CC.COc1ccc(-c2c(C#N)c(N)nc(SCCCO)c2C#N)cc1OC. The molecule has 1 heterocycles. The number of methoxy groups -OCH3 is 2. The zero-order valence-corrected chi connectivity index (χ0v) is 17.3. The van der Waals surface area contributed by atoms with Gasteiger partial charge < -0.3 is 20.3 Å². The van der Waals surface area contributed by atoms with Crippen LogP contribution in [0.2, 0.25) is 0 Å². The van der Waals surface area contributed by atoms with Crippen molar-refractivity contribution in [2.45, 2.75) is 25.3 Å². The Hall–Kier alpha value is -2.94. The van der Waals surface area contributed by atoms with Gasteiger partial charge in [0, 0.05) is 17.9 Å². The Morgan fingerprint density at radius 2 is 1.75 bits per heavy atom. The molecule has 1 aromatic carbocycles. The minimum atomic E-state index is 0.0448. The van der Waals surface area contributed by atoms with Gasteiger partial charge in [-0.2, -0.15) is 10.5 Å². The van der Waals surface area contributed by atoms with Crippen LogP contribution in [0.1, 0.15) is 31.4 Å². The van der Waals surface area contributed by atoms with Crippen LogP contribution in [-0.2, 0) is 0 Å². The Bertz CT molecular complexity index is 888. The topological polar surface area (TPSA) is 125 Å². The number of anilines is 1. The Kier molecular flexibility index (Phi) is 9.66. The molecule has 0 aliphatic rings. The minimum absolute atomic E-state index is 0.0448. The van der Waals surface area contributed by atoms with E-state index >= 15 is 0 Å². The molecule has 0 aliphatic carbocycles. The molecule has 148 valence electrons. The number of aliphatic hydroxyl groups excluding tert-OH is 1. The summed E-state index contributed by atoms with van der Waals surface area (Å²) in [6.45, 7) is 4.04. The second-order valence-electron chi connectivity index (χ2n) is 5.15. The molecule has 0 bridgehead atoms. The zero-order chi connectivity index (χ0) is 21.1. The van der Waals surface area contributed by atoms with E-state index < -0.39 is 0 Å². The highest BCUT2D eigenvalue weighted by molar-refractivity contribution is 7.99. The molecule has 0 saturated carbocycles. The maximum atomic E-state index is 9.70. The first-order valence-electron chi connectivity index (χ1n) is 8.70. The van der Waals surface area contributed by atoms with E-state index in [1.54, 1.807) is 18.2 Å². The number of nitrogen functional groups attached to an aromatic ring is 1. The summed E-state index contributed by atoms with van der Waals surface area (Å²) in [5.74, 6) is 1.65. The molecule has 0 unspecified atom stereocenters. The quantitative estimate of drug-likeness (QED) is 0.533. The van der Waals surface area contributed by atoms with E-state index in [1.165, 1.54) is 26.0 Å². The monoisotopic (exact) mass is 400 g/mol. The standard InChI is InChI=1S/C18H18N4O3S.C2H6/c1-24-14-5-4-11(8-15(14)25-2)16-12(9-19)17(21)22-18(13(16)10-20)26-7-3-6-23;1-2/h4-5,8,23H,3,6-7H2,1-2H3,(H2,21,22);1-2H3. The average Bonchev–Trinajstić information content (AvgIpc) is 2.74. The van der Waals surface area contributed by atoms with Gasteiger partial charge in [0.15, 0.2) is 11.5 Å². The molecule has 28 heavy (non-hydrogen) atoms. The highest BCUT2D eigenvalue weighted by Crippen LogP contribution is 2.39. The number of nitrogens with zero attached hydrogens (tertiary/aromatic N) is 3. The Balaban J connectivity index is 0.00000190. The second kappa shape index (κ2) is 11.7. The van der Waals surface area contributed by atoms with Gasteiger partial charge in [-0.05, 0) is 24.1 Å². The first-order valence-corrected chi connectivity index (χ1v) is 9.69. The second-order valence-corrected chi connectivity index (χ2v) is 6.23. The fraction of sp³-hybridized carbons (Fsp3) is 0.350. The third-order valence-electron chi connectivity index (χ3n) is 3.63. The van der Waals surface area contributed by atoms with Gasteiger partial charge in [-0.15, -0.1) is 11.8 Å². The van der Waals surface area contributed by atoms with Crippen molar-refractivity contribution in [2.75, 3.05) is 32.3 Å². The molecule has 0 atom stereocenters. The summed E-state index contributed by atoms with van der Waals surface area (Å²) in [5.41, 5.74) is 7.39. The number of thioether (sulfide) groups is 1. The van der Waals surface area contributed by atoms with Crippen LogP contribution in [0.15, 0.2) is 23.2 Å². The summed E-state index contributed by atoms with van der Waals surface area (Å²) in [7, 11) is 3.04. The van der Waals surface area contributed by atoms with E-state index in [0.717, 1.165) is 0 Å². The van der Waals surface area contributed by atoms with Crippen LogP contribution in [-0.4, -0.2) is 36.7 Å². The van der Waals surface area contributed by atoms with Crippen molar-refractivity contribution in [3.05, 3.63) is 29.3 Å². The largest absolute Gasteiger partial charge is 0.493 e. The van der Waals surface area contributed by atoms with E-state index in [2.05, 4.69) is 11.1 Å². The molecule has 3 N–H and O–H groups in total. The van der Waals surface area contributed by atoms with Gasteiger partial charge in [-0.1, -0.05) is 19.9 Å². The van der Waals surface area contributed by atoms with Gasteiger partial charge in [0.05, 0.1) is 19.8 Å². The number of ether oxygens (including phenoxy) is 2. The van der Waals surface area contributed by atoms with Crippen LogP contribution in [0, 0.1) is 22.7 Å². The molecule has 0 radical (unpaired) electrons. The van der Waals surface area contributed by atoms with Crippen LogP contribution in [0.25, 0.3) is 11.1 Å². The van der Waals surface area contributed by atoms with Gasteiger partial charge in [0.2, 0.25) is 0 Å². The molecule has 0 aliphatic heterocycles. The third-order valence-corrected chi connectivity index (χ3v) is 4.69. The molecule has 8 heteroatoms. The minimum Gasteiger partial charge on any atom is -0.493 e. The first-order chi connectivity index (χ1) is 13.6. The number of hydrogen-bond acceptors (Lipinski definition) is 8. The highest BCUT2D eigenvalue weighted by Gasteiger charge is 2.21. The molecule has 2 aromatic rings. The highest BCUT2D eigenvalue weighted by atomic mass is 32.2. The van der Waals surface area contributed by atoms with Gasteiger partial charge in [0.1, 0.15) is 28.5 Å². The van der Waals surface area contributed by atoms with Crippen molar-refractivity contribution in [3.63, 3.8) is 0 Å². The number of rotatable bonds is 7. The normalized spacial score (nSPS) is 9.54. The molecule has 1 aromatic heterocycles. The van der Waals surface area contributed by atoms with Crippen LogP contribution in [0.5, 0.6) is 11.5 Å². The Labute approximate surface area is 169 Å². The molecule has 0 amide bonds. The van der Waals surface area contributed by atoms with E-state index in [-0.39, 0.29) is 23.6 Å². The fourth-order valence-electron chi connectivity index (χ4n) is 2.42.